The molecular weight excluding hydrogens is 404 g/mol. The molecule has 2 aromatic rings. The molecule has 2 aliphatic rings. The maximum atomic E-state index is 13.2. The molecule has 2 N–H and O–H groups in total. The van der Waals surface area contributed by atoms with Crippen LogP contribution < -0.4 is 15.5 Å². The number of nitrogens with zero attached hydrogens (tertiary/aromatic N) is 2. The Balaban J connectivity index is 1.57. The van der Waals surface area contributed by atoms with Crippen LogP contribution in [0.4, 0.5) is 16.2 Å². The fraction of sp³-hybridized carbons (Fsp3) is 0.227. The van der Waals surface area contributed by atoms with Gasteiger partial charge in [-0.2, -0.15) is 0 Å². The van der Waals surface area contributed by atoms with Crippen LogP contribution >= 0.6 is 11.6 Å². The summed E-state index contributed by atoms with van der Waals surface area (Å²) in [6, 6.07) is 10.3. The molecule has 154 valence electrons. The molecule has 2 heterocycles. The van der Waals surface area contributed by atoms with E-state index in [2.05, 4.69) is 10.6 Å². The molecule has 1 fully saturated rings. The predicted molar refractivity (Wildman–Crippen MR) is 115 cm³/mol. The number of hydrogen-bond donors (Lipinski definition) is 2. The third kappa shape index (κ3) is 3.41. The fourth-order valence-electron chi connectivity index (χ4n) is 3.70. The van der Waals surface area contributed by atoms with Crippen LogP contribution in [0.15, 0.2) is 54.2 Å². The summed E-state index contributed by atoms with van der Waals surface area (Å²) >= 11 is 6.13. The van der Waals surface area contributed by atoms with Crippen LogP contribution in [0.3, 0.4) is 0 Å². The number of nitrogens with one attached hydrogen (secondary N) is 2. The quantitative estimate of drug-likeness (QED) is 0.792. The summed E-state index contributed by atoms with van der Waals surface area (Å²) in [5.74, 6) is -0.779. The van der Waals surface area contributed by atoms with Gasteiger partial charge in [0.1, 0.15) is 6.04 Å². The molecule has 4 rings (SSSR count). The lowest BCUT2D eigenvalue weighted by atomic mass is 9.99. The SMILES string of the molecule is Cc1ccc(N2C(=O)NC3C(C(=O)Nc4ccc(C)c(Cl)c4)=CN(C)C3C2=O)cc1. The molecule has 7 nitrogen and oxygen atoms in total. The summed E-state index contributed by atoms with van der Waals surface area (Å²) in [4.78, 5) is 41.6. The molecule has 0 bridgehead atoms. The van der Waals surface area contributed by atoms with Gasteiger partial charge in [-0.15, -0.1) is 0 Å². The monoisotopic (exact) mass is 424 g/mol. The number of aryl methyl sites for hydroxylation is 2. The van der Waals surface area contributed by atoms with E-state index in [0.717, 1.165) is 16.0 Å². The lowest BCUT2D eigenvalue weighted by Gasteiger charge is -2.37. The molecule has 8 heteroatoms. The van der Waals surface area contributed by atoms with Crippen LogP contribution in [0.25, 0.3) is 0 Å². The van der Waals surface area contributed by atoms with Gasteiger partial charge in [0, 0.05) is 24.0 Å². The van der Waals surface area contributed by atoms with Crippen molar-refractivity contribution in [2.75, 3.05) is 17.3 Å². The van der Waals surface area contributed by atoms with Gasteiger partial charge in [0.25, 0.3) is 11.8 Å². The third-order valence-corrected chi connectivity index (χ3v) is 5.78. The number of likely N-dealkylation sites (N-methyl/N-ethyl adjacent to an activating group) is 1. The van der Waals surface area contributed by atoms with Crippen molar-refractivity contribution in [2.45, 2.75) is 25.9 Å². The zero-order chi connectivity index (χ0) is 21.6. The summed E-state index contributed by atoms with van der Waals surface area (Å²) in [6.07, 6.45) is 1.59. The minimum absolute atomic E-state index is 0.310. The Bertz CT molecular complexity index is 1080. The molecule has 2 atom stereocenters. The zero-order valence-corrected chi connectivity index (χ0v) is 17.5. The highest BCUT2D eigenvalue weighted by Crippen LogP contribution is 2.30. The molecule has 0 saturated carbocycles. The molecule has 2 aliphatic heterocycles. The summed E-state index contributed by atoms with van der Waals surface area (Å²) in [5.41, 5.74) is 3.26. The summed E-state index contributed by atoms with van der Waals surface area (Å²) in [6.45, 7) is 3.80. The van der Waals surface area contributed by atoms with Crippen LogP contribution in [0, 0.1) is 13.8 Å². The number of anilines is 2. The van der Waals surface area contributed by atoms with E-state index in [9.17, 15) is 14.4 Å². The number of hydrogen-bond acceptors (Lipinski definition) is 4. The molecule has 4 amide bonds. The smallest absolute Gasteiger partial charge is 0.329 e. The maximum Gasteiger partial charge on any atom is 0.329 e. The van der Waals surface area contributed by atoms with Gasteiger partial charge in [-0.05, 0) is 43.7 Å². The van der Waals surface area contributed by atoms with Gasteiger partial charge in [-0.25, -0.2) is 9.69 Å². The Morgan fingerprint density at radius 3 is 2.47 bits per heavy atom. The lowest BCUT2D eigenvalue weighted by molar-refractivity contribution is -0.122. The van der Waals surface area contributed by atoms with Crippen LogP contribution in [-0.2, 0) is 9.59 Å². The van der Waals surface area contributed by atoms with Gasteiger partial charge in [0.05, 0.1) is 17.3 Å². The predicted octanol–water partition coefficient (Wildman–Crippen LogP) is 3.22. The Morgan fingerprint density at radius 1 is 1.10 bits per heavy atom. The van der Waals surface area contributed by atoms with Gasteiger partial charge < -0.3 is 15.5 Å². The van der Waals surface area contributed by atoms with Crippen molar-refractivity contribution in [1.82, 2.24) is 10.2 Å². The average Bonchev–Trinajstić information content (AvgIpc) is 3.02. The fourth-order valence-corrected chi connectivity index (χ4v) is 3.88. The highest BCUT2D eigenvalue weighted by molar-refractivity contribution is 6.31. The second kappa shape index (κ2) is 7.50. The summed E-state index contributed by atoms with van der Waals surface area (Å²) in [5, 5.41) is 6.14. The maximum absolute atomic E-state index is 13.2. The molecule has 2 aromatic carbocycles. The van der Waals surface area contributed by atoms with Crippen LogP contribution in [0.5, 0.6) is 0 Å². The van der Waals surface area contributed by atoms with Crippen LogP contribution in [0.1, 0.15) is 11.1 Å². The highest BCUT2D eigenvalue weighted by atomic mass is 35.5. The Labute approximate surface area is 179 Å². The van der Waals surface area contributed by atoms with E-state index in [4.69, 9.17) is 11.6 Å². The van der Waals surface area contributed by atoms with E-state index in [1.54, 1.807) is 48.5 Å². The van der Waals surface area contributed by atoms with Gasteiger partial charge >= 0.3 is 6.03 Å². The van der Waals surface area contributed by atoms with Gasteiger partial charge in [-0.3, -0.25) is 9.59 Å². The van der Waals surface area contributed by atoms with E-state index >= 15 is 0 Å². The van der Waals surface area contributed by atoms with E-state index in [0.29, 0.717) is 22.0 Å². The Hall–Kier alpha value is -3.32. The number of halogens is 1. The van der Waals surface area contributed by atoms with Crippen LogP contribution in [0.2, 0.25) is 5.02 Å². The standard InChI is InChI=1S/C22H21ClN4O3/c1-12-4-8-15(9-5-12)27-21(29)19-18(25-22(27)30)16(11-26(19)3)20(28)24-14-7-6-13(2)17(23)10-14/h4-11,18-19H,1-3H3,(H,24,28)(H,25,30). The van der Waals surface area contributed by atoms with Crippen molar-refractivity contribution in [3.63, 3.8) is 0 Å². The van der Waals surface area contributed by atoms with Gasteiger partial charge in [0.2, 0.25) is 0 Å². The first-order valence-electron chi connectivity index (χ1n) is 9.48. The number of fused-ring (bicyclic) bond motifs is 1. The molecule has 1 saturated heterocycles. The van der Waals surface area contributed by atoms with Gasteiger partial charge in [-0.1, -0.05) is 35.4 Å². The van der Waals surface area contributed by atoms with Crippen LogP contribution in [-0.4, -0.2) is 41.9 Å². The number of carbonyl (C=O) groups excluding carboxylic acids is 3. The number of benzene rings is 2. The Kier molecular flexibility index (Phi) is 4.99. The molecule has 30 heavy (non-hydrogen) atoms. The molecule has 0 radical (unpaired) electrons. The van der Waals surface area contributed by atoms with E-state index < -0.39 is 24.0 Å². The summed E-state index contributed by atoms with van der Waals surface area (Å²) < 4.78 is 0. The average molecular weight is 425 g/mol. The number of amides is 4. The molecule has 2 unspecified atom stereocenters. The number of imide groups is 1. The second-order valence-electron chi connectivity index (χ2n) is 7.55. The minimum Gasteiger partial charge on any atom is -0.366 e. The highest BCUT2D eigenvalue weighted by Gasteiger charge is 2.49. The first kappa shape index (κ1) is 20.0. The van der Waals surface area contributed by atoms with Crippen molar-refractivity contribution in [1.29, 1.82) is 0 Å². The van der Waals surface area contributed by atoms with Crippen molar-refractivity contribution in [2.24, 2.45) is 0 Å². The number of urea groups is 1. The number of carbonyl (C=O) groups is 3. The third-order valence-electron chi connectivity index (χ3n) is 5.37. The first-order valence-corrected chi connectivity index (χ1v) is 9.86. The number of rotatable bonds is 3. The van der Waals surface area contributed by atoms with E-state index in [-0.39, 0.29) is 5.91 Å². The van der Waals surface area contributed by atoms with E-state index in [1.807, 2.05) is 26.0 Å². The van der Waals surface area contributed by atoms with E-state index in [1.165, 1.54) is 0 Å². The first-order chi connectivity index (χ1) is 14.3. The molecule has 0 aromatic heterocycles. The van der Waals surface area contributed by atoms with Crippen molar-refractivity contribution >= 4 is 40.8 Å². The van der Waals surface area contributed by atoms with Crippen molar-refractivity contribution in [3.05, 3.63) is 70.4 Å². The van der Waals surface area contributed by atoms with Crippen molar-refractivity contribution < 1.29 is 14.4 Å². The van der Waals surface area contributed by atoms with Crippen molar-refractivity contribution in [3.8, 4) is 0 Å². The summed E-state index contributed by atoms with van der Waals surface area (Å²) in [7, 11) is 1.71. The van der Waals surface area contributed by atoms with Gasteiger partial charge in [0.15, 0.2) is 0 Å². The molecule has 0 spiro atoms. The minimum atomic E-state index is -0.738. The molecule has 0 aliphatic carbocycles. The molecular formula is C22H21ClN4O3. The zero-order valence-electron chi connectivity index (χ0n) is 16.8. The lowest BCUT2D eigenvalue weighted by Crippen LogP contribution is -2.65. The Morgan fingerprint density at radius 2 is 1.80 bits per heavy atom. The largest absolute Gasteiger partial charge is 0.366 e. The topological polar surface area (TPSA) is 81.8 Å². The second-order valence-corrected chi connectivity index (χ2v) is 7.96. The normalized spacial score (nSPS) is 20.6.